The first kappa shape index (κ1) is 21.3. The maximum Gasteiger partial charge on any atom is 0.255 e. The summed E-state index contributed by atoms with van der Waals surface area (Å²) in [6, 6.07) is 17.3. The van der Waals surface area contributed by atoms with Crippen LogP contribution in [0.3, 0.4) is 0 Å². The average Bonchev–Trinajstić information content (AvgIpc) is 3.02. The molecule has 0 saturated carbocycles. The molecule has 2 aromatic carbocycles. The summed E-state index contributed by atoms with van der Waals surface area (Å²) in [6.07, 6.45) is 2.71. The number of nitrogens with zero attached hydrogens (tertiary/aromatic N) is 3. The molecule has 0 atom stereocenters. The summed E-state index contributed by atoms with van der Waals surface area (Å²) in [5, 5.41) is 3.45. The average molecular weight is 439 g/mol. The number of amides is 1. The number of hydrogen-bond donors (Lipinski definition) is 1. The quantitative estimate of drug-likeness (QED) is 0.619. The standard InChI is InChI=1S/C24H24ClFN4O/c25-20-6-4-19(5-7-20)24(31)28-22-10-11-23(27-16-22)30-13-1-12-29(14-15-30)17-18-2-8-21(26)9-3-18/h2-11,16H,1,12-15,17H2,(H,28,31). The van der Waals surface area contributed by atoms with Crippen LogP contribution in [0.15, 0.2) is 66.9 Å². The summed E-state index contributed by atoms with van der Waals surface area (Å²) in [7, 11) is 0. The molecule has 1 aliphatic rings. The zero-order chi connectivity index (χ0) is 21.6. The molecule has 1 aliphatic heterocycles. The van der Waals surface area contributed by atoms with Gasteiger partial charge in [-0.1, -0.05) is 23.7 Å². The van der Waals surface area contributed by atoms with Crippen molar-refractivity contribution in [1.29, 1.82) is 0 Å². The number of benzene rings is 2. The fourth-order valence-electron chi connectivity index (χ4n) is 3.66. The van der Waals surface area contributed by atoms with Crippen molar-refractivity contribution in [1.82, 2.24) is 9.88 Å². The van der Waals surface area contributed by atoms with E-state index in [0.29, 0.717) is 16.3 Å². The van der Waals surface area contributed by atoms with Gasteiger partial charge in [-0.15, -0.1) is 0 Å². The molecule has 5 nitrogen and oxygen atoms in total. The van der Waals surface area contributed by atoms with E-state index in [-0.39, 0.29) is 11.7 Å². The molecule has 0 radical (unpaired) electrons. The van der Waals surface area contributed by atoms with Gasteiger partial charge in [-0.3, -0.25) is 9.69 Å². The lowest BCUT2D eigenvalue weighted by Gasteiger charge is -2.23. The molecular weight excluding hydrogens is 415 g/mol. The van der Waals surface area contributed by atoms with E-state index >= 15 is 0 Å². The van der Waals surface area contributed by atoms with E-state index in [9.17, 15) is 9.18 Å². The van der Waals surface area contributed by atoms with Gasteiger partial charge in [0.2, 0.25) is 0 Å². The Morgan fingerprint density at radius 1 is 0.968 bits per heavy atom. The Labute approximate surface area is 186 Å². The van der Waals surface area contributed by atoms with Crippen molar-refractivity contribution in [3.8, 4) is 0 Å². The number of pyridine rings is 1. The van der Waals surface area contributed by atoms with Gasteiger partial charge >= 0.3 is 0 Å². The molecule has 1 saturated heterocycles. The molecule has 0 unspecified atom stereocenters. The van der Waals surface area contributed by atoms with Gasteiger partial charge in [-0.05, 0) is 60.5 Å². The zero-order valence-corrected chi connectivity index (χ0v) is 17.9. The smallest absolute Gasteiger partial charge is 0.255 e. The molecule has 3 aromatic rings. The third kappa shape index (κ3) is 5.81. The van der Waals surface area contributed by atoms with Gasteiger partial charge in [0.15, 0.2) is 0 Å². The number of halogens is 2. The largest absolute Gasteiger partial charge is 0.355 e. The lowest BCUT2D eigenvalue weighted by Crippen LogP contribution is -2.31. The highest BCUT2D eigenvalue weighted by Crippen LogP contribution is 2.18. The highest BCUT2D eigenvalue weighted by atomic mass is 35.5. The SMILES string of the molecule is O=C(Nc1ccc(N2CCCN(Cc3ccc(F)cc3)CC2)nc1)c1ccc(Cl)cc1. The van der Waals surface area contributed by atoms with Gasteiger partial charge in [0.1, 0.15) is 11.6 Å². The second-order valence-corrected chi connectivity index (χ2v) is 8.05. The predicted molar refractivity (Wildman–Crippen MR) is 122 cm³/mol. The van der Waals surface area contributed by atoms with Crippen molar-refractivity contribution in [2.24, 2.45) is 0 Å². The lowest BCUT2D eigenvalue weighted by molar-refractivity contribution is 0.102. The first-order chi connectivity index (χ1) is 15.1. The van der Waals surface area contributed by atoms with Crippen molar-refractivity contribution < 1.29 is 9.18 Å². The summed E-state index contributed by atoms with van der Waals surface area (Å²) in [5.74, 6) is 0.496. The number of nitrogens with one attached hydrogen (secondary N) is 1. The number of carbonyl (C=O) groups is 1. The molecule has 1 fully saturated rings. The van der Waals surface area contributed by atoms with Crippen LogP contribution in [0.5, 0.6) is 0 Å². The van der Waals surface area contributed by atoms with Crippen LogP contribution in [0, 0.1) is 5.82 Å². The van der Waals surface area contributed by atoms with Gasteiger partial charge in [0.25, 0.3) is 5.91 Å². The minimum atomic E-state index is -0.204. The molecule has 0 spiro atoms. The van der Waals surface area contributed by atoms with E-state index in [2.05, 4.69) is 20.1 Å². The minimum Gasteiger partial charge on any atom is -0.355 e. The van der Waals surface area contributed by atoms with Crippen LogP contribution < -0.4 is 10.2 Å². The molecular formula is C24H24ClFN4O. The van der Waals surface area contributed by atoms with Crippen molar-refractivity contribution >= 4 is 29.0 Å². The first-order valence-electron chi connectivity index (χ1n) is 10.3. The van der Waals surface area contributed by atoms with Crippen LogP contribution in [0.2, 0.25) is 5.02 Å². The highest BCUT2D eigenvalue weighted by molar-refractivity contribution is 6.30. The van der Waals surface area contributed by atoms with Crippen molar-refractivity contribution in [2.45, 2.75) is 13.0 Å². The fraction of sp³-hybridized carbons (Fsp3) is 0.250. The van der Waals surface area contributed by atoms with Crippen LogP contribution >= 0.6 is 11.6 Å². The topological polar surface area (TPSA) is 48.5 Å². The molecule has 0 bridgehead atoms. The maximum atomic E-state index is 13.1. The number of aromatic nitrogens is 1. The summed E-state index contributed by atoms with van der Waals surface area (Å²) in [4.78, 5) is 21.5. The Balaban J connectivity index is 1.32. The van der Waals surface area contributed by atoms with Crippen LogP contribution in [0.1, 0.15) is 22.3 Å². The van der Waals surface area contributed by atoms with Crippen LogP contribution in [0.4, 0.5) is 15.9 Å². The molecule has 7 heteroatoms. The second-order valence-electron chi connectivity index (χ2n) is 7.61. The second kappa shape index (κ2) is 9.90. The number of hydrogen-bond acceptors (Lipinski definition) is 4. The highest BCUT2D eigenvalue weighted by Gasteiger charge is 2.16. The Hall–Kier alpha value is -2.96. The molecule has 1 aromatic heterocycles. The number of rotatable bonds is 5. The first-order valence-corrected chi connectivity index (χ1v) is 10.7. The molecule has 1 N–H and O–H groups in total. The zero-order valence-electron chi connectivity index (χ0n) is 17.1. The predicted octanol–water partition coefficient (Wildman–Crippen LogP) is 4.84. The maximum absolute atomic E-state index is 13.1. The van der Waals surface area contributed by atoms with E-state index in [1.807, 2.05) is 24.3 Å². The van der Waals surface area contributed by atoms with E-state index < -0.39 is 0 Å². The number of anilines is 2. The monoisotopic (exact) mass is 438 g/mol. The van der Waals surface area contributed by atoms with Crippen molar-refractivity contribution in [3.05, 3.63) is 88.8 Å². The molecule has 1 amide bonds. The summed E-state index contributed by atoms with van der Waals surface area (Å²) >= 11 is 5.87. The van der Waals surface area contributed by atoms with Gasteiger partial charge in [0.05, 0.1) is 11.9 Å². The third-order valence-electron chi connectivity index (χ3n) is 5.34. The molecule has 2 heterocycles. The van der Waals surface area contributed by atoms with Crippen molar-refractivity contribution in [3.63, 3.8) is 0 Å². The minimum absolute atomic E-state index is 0.197. The molecule has 4 rings (SSSR count). The number of carbonyl (C=O) groups excluding carboxylic acids is 1. The Morgan fingerprint density at radius 2 is 1.74 bits per heavy atom. The van der Waals surface area contributed by atoms with Gasteiger partial charge in [-0.25, -0.2) is 9.37 Å². The van der Waals surface area contributed by atoms with Crippen molar-refractivity contribution in [2.75, 3.05) is 36.4 Å². The van der Waals surface area contributed by atoms with Gasteiger partial charge < -0.3 is 10.2 Å². The fourth-order valence-corrected chi connectivity index (χ4v) is 3.78. The molecule has 0 aliphatic carbocycles. The Bertz CT molecular complexity index is 1010. The van der Waals surface area contributed by atoms with Gasteiger partial charge in [0, 0.05) is 43.3 Å². The normalized spacial score (nSPS) is 14.8. The Morgan fingerprint density at radius 3 is 2.45 bits per heavy atom. The van der Waals surface area contributed by atoms with E-state index in [1.165, 1.54) is 12.1 Å². The summed E-state index contributed by atoms with van der Waals surface area (Å²) in [6.45, 7) is 4.50. The third-order valence-corrected chi connectivity index (χ3v) is 5.60. The summed E-state index contributed by atoms with van der Waals surface area (Å²) in [5.41, 5.74) is 2.31. The molecule has 31 heavy (non-hydrogen) atoms. The van der Waals surface area contributed by atoms with E-state index in [1.54, 1.807) is 30.5 Å². The van der Waals surface area contributed by atoms with Crippen LogP contribution in [-0.4, -0.2) is 42.0 Å². The molecule has 160 valence electrons. The van der Waals surface area contributed by atoms with Gasteiger partial charge in [-0.2, -0.15) is 0 Å². The Kier molecular flexibility index (Phi) is 6.79. The lowest BCUT2D eigenvalue weighted by atomic mass is 10.2. The van der Waals surface area contributed by atoms with E-state index in [0.717, 1.165) is 50.5 Å². The van der Waals surface area contributed by atoms with Crippen LogP contribution in [0.25, 0.3) is 0 Å². The summed E-state index contributed by atoms with van der Waals surface area (Å²) < 4.78 is 13.1. The van der Waals surface area contributed by atoms with Crippen LogP contribution in [-0.2, 0) is 6.54 Å². The van der Waals surface area contributed by atoms with E-state index in [4.69, 9.17) is 11.6 Å².